The fourth-order valence-corrected chi connectivity index (χ4v) is 2.77. The van der Waals surface area contributed by atoms with Crippen LogP contribution in [-0.4, -0.2) is 33.6 Å². The van der Waals surface area contributed by atoms with Crippen LogP contribution in [0.5, 0.6) is 0 Å². The van der Waals surface area contributed by atoms with Crippen molar-refractivity contribution in [3.8, 4) is 0 Å². The van der Waals surface area contributed by atoms with E-state index in [2.05, 4.69) is 28.4 Å². The summed E-state index contributed by atoms with van der Waals surface area (Å²) in [5.41, 5.74) is 6.24. The van der Waals surface area contributed by atoms with Crippen LogP contribution in [0.25, 0.3) is 0 Å². The number of aromatic nitrogens is 2. The highest BCUT2D eigenvalue weighted by Crippen LogP contribution is 2.26. The van der Waals surface area contributed by atoms with Crippen molar-refractivity contribution in [3.05, 3.63) is 18.2 Å². The number of imidazole rings is 1. The van der Waals surface area contributed by atoms with E-state index in [-0.39, 0.29) is 0 Å². The largest absolute Gasteiger partial charge is 0.337 e. The Morgan fingerprint density at radius 1 is 1.53 bits per heavy atom. The SMILES string of the molecule is CC1CCC(N)C(N(C)Cc2nccn2C)C1. The van der Waals surface area contributed by atoms with Crippen molar-refractivity contribution in [2.45, 2.75) is 44.8 Å². The van der Waals surface area contributed by atoms with Crippen molar-refractivity contribution in [1.29, 1.82) is 0 Å². The third-order valence-electron chi connectivity index (χ3n) is 4.01. The third kappa shape index (κ3) is 2.87. The van der Waals surface area contributed by atoms with Crippen LogP contribution in [0, 0.1) is 5.92 Å². The maximum absolute atomic E-state index is 6.24. The van der Waals surface area contributed by atoms with Gasteiger partial charge in [-0.15, -0.1) is 0 Å². The zero-order chi connectivity index (χ0) is 12.4. The van der Waals surface area contributed by atoms with Crippen LogP contribution in [0.4, 0.5) is 0 Å². The molecule has 1 aromatic rings. The molecule has 0 spiro atoms. The van der Waals surface area contributed by atoms with E-state index in [0.29, 0.717) is 12.1 Å². The number of rotatable bonds is 3. The molecule has 96 valence electrons. The molecule has 0 saturated heterocycles. The molecular formula is C13H24N4. The Hall–Kier alpha value is -0.870. The summed E-state index contributed by atoms with van der Waals surface area (Å²) < 4.78 is 2.08. The lowest BCUT2D eigenvalue weighted by Crippen LogP contribution is -2.49. The summed E-state index contributed by atoms with van der Waals surface area (Å²) in [7, 11) is 4.21. The van der Waals surface area contributed by atoms with Crippen LogP contribution in [0.1, 0.15) is 32.0 Å². The van der Waals surface area contributed by atoms with Crippen LogP contribution >= 0.6 is 0 Å². The lowest BCUT2D eigenvalue weighted by molar-refractivity contribution is 0.133. The molecule has 4 nitrogen and oxygen atoms in total. The lowest BCUT2D eigenvalue weighted by atomic mass is 9.83. The monoisotopic (exact) mass is 236 g/mol. The molecule has 17 heavy (non-hydrogen) atoms. The van der Waals surface area contributed by atoms with Crippen molar-refractivity contribution in [2.24, 2.45) is 18.7 Å². The van der Waals surface area contributed by atoms with E-state index >= 15 is 0 Å². The first-order valence-corrected chi connectivity index (χ1v) is 6.50. The minimum Gasteiger partial charge on any atom is -0.337 e. The summed E-state index contributed by atoms with van der Waals surface area (Å²) in [6, 6.07) is 0.812. The van der Waals surface area contributed by atoms with Gasteiger partial charge in [-0.25, -0.2) is 4.98 Å². The molecular weight excluding hydrogens is 212 g/mol. The van der Waals surface area contributed by atoms with Crippen LogP contribution in [0.3, 0.4) is 0 Å². The Labute approximate surface area is 104 Å². The highest BCUT2D eigenvalue weighted by atomic mass is 15.2. The first-order valence-electron chi connectivity index (χ1n) is 6.50. The van der Waals surface area contributed by atoms with E-state index in [4.69, 9.17) is 5.73 Å². The summed E-state index contributed by atoms with van der Waals surface area (Å²) in [5.74, 6) is 1.90. The van der Waals surface area contributed by atoms with Crippen LogP contribution in [-0.2, 0) is 13.6 Å². The van der Waals surface area contributed by atoms with Crippen molar-refractivity contribution >= 4 is 0 Å². The quantitative estimate of drug-likeness (QED) is 0.862. The average molecular weight is 236 g/mol. The molecule has 2 N–H and O–H groups in total. The maximum atomic E-state index is 6.24. The second kappa shape index (κ2) is 5.19. The molecule has 0 bridgehead atoms. The lowest BCUT2D eigenvalue weighted by Gasteiger charge is -2.38. The van der Waals surface area contributed by atoms with Gasteiger partial charge in [-0.05, 0) is 32.2 Å². The fraction of sp³-hybridized carbons (Fsp3) is 0.769. The van der Waals surface area contributed by atoms with Gasteiger partial charge in [-0.2, -0.15) is 0 Å². The summed E-state index contributed by atoms with van der Waals surface area (Å²) in [6.45, 7) is 3.21. The molecule has 0 aromatic carbocycles. The molecule has 0 aliphatic heterocycles. The Balaban J connectivity index is 1.99. The minimum absolute atomic E-state index is 0.316. The van der Waals surface area contributed by atoms with Gasteiger partial charge in [0.2, 0.25) is 0 Å². The first kappa shape index (κ1) is 12.6. The fourth-order valence-electron chi connectivity index (χ4n) is 2.77. The number of aryl methyl sites for hydroxylation is 1. The standard InChI is InChI=1S/C13H24N4/c1-10-4-5-11(14)12(8-10)17(3)9-13-15-6-7-16(13)2/h6-7,10-12H,4-5,8-9,14H2,1-3H3. The number of likely N-dealkylation sites (N-methyl/N-ethyl adjacent to an activating group) is 1. The number of nitrogens with zero attached hydrogens (tertiary/aromatic N) is 3. The van der Waals surface area contributed by atoms with Gasteiger partial charge in [-0.3, -0.25) is 4.90 Å². The Morgan fingerprint density at radius 3 is 2.94 bits per heavy atom. The van der Waals surface area contributed by atoms with Gasteiger partial charge in [0.05, 0.1) is 6.54 Å². The van der Waals surface area contributed by atoms with Crippen molar-refractivity contribution < 1.29 is 0 Å². The predicted molar refractivity (Wildman–Crippen MR) is 69.5 cm³/mol. The average Bonchev–Trinajstić information content (AvgIpc) is 2.68. The molecule has 2 rings (SSSR count). The number of hydrogen-bond donors (Lipinski definition) is 1. The zero-order valence-corrected chi connectivity index (χ0v) is 11.1. The predicted octanol–water partition coefficient (Wildman–Crippen LogP) is 1.37. The van der Waals surface area contributed by atoms with Gasteiger partial charge < -0.3 is 10.3 Å². The van der Waals surface area contributed by atoms with Crippen LogP contribution < -0.4 is 5.73 Å². The van der Waals surface area contributed by atoms with E-state index in [1.807, 2.05) is 19.4 Å². The number of hydrogen-bond acceptors (Lipinski definition) is 3. The first-order chi connectivity index (χ1) is 8.08. The molecule has 3 atom stereocenters. The van der Waals surface area contributed by atoms with Gasteiger partial charge in [-0.1, -0.05) is 6.92 Å². The van der Waals surface area contributed by atoms with Crippen LogP contribution in [0.15, 0.2) is 12.4 Å². The zero-order valence-electron chi connectivity index (χ0n) is 11.1. The van der Waals surface area contributed by atoms with Gasteiger partial charge in [0.1, 0.15) is 5.82 Å². The maximum Gasteiger partial charge on any atom is 0.122 e. The van der Waals surface area contributed by atoms with Crippen molar-refractivity contribution in [3.63, 3.8) is 0 Å². The van der Waals surface area contributed by atoms with Gasteiger partial charge in [0.15, 0.2) is 0 Å². The third-order valence-corrected chi connectivity index (χ3v) is 4.01. The molecule has 0 radical (unpaired) electrons. The molecule has 1 saturated carbocycles. The molecule has 4 heteroatoms. The topological polar surface area (TPSA) is 47.1 Å². The molecule has 1 fully saturated rings. The summed E-state index contributed by atoms with van der Waals surface area (Å²) in [4.78, 5) is 6.74. The Bertz CT molecular complexity index is 360. The Morgan fingerprint density at radius 2 is 2.29 bits per heavy atom. The number of nitrogens with two attached hydrogens (primary N) is 1. The molecule has 1 aromatic heterocycles. The smallest absolute Gasteiger partial charge is 0.122 e. The van der Waals surface area contributed by atoms with E-state index in [9.17, 15) is 0 Å². The summed E-state index contributed by atoms with van der Waals surface area (Å²) in [6.07, 6.45) is 7.48. The van der Waals surface area contributed by atoms with E-state index in [1.165, 1.54) is 12.8 Å². The van der Waals surface area contributed by atoms with Gasteiger partial charge >= 0.3 is 0 Å². The molecule has 1 aliphatic rings. The van der Waals surface area contributed by atoms with Crippen molar-refractivity contribution in [2.75, 3.05) is 7.05 Å². The second-order valence-corrected chi connectivity index (χ2v) is 5.52. The summed E-state index contributed by atoms with van der Waals surface area (Å²) in [5, 5.41) is 0. The van der Waals surface area contributed by atoms with E-state index in [1.54, 1.807) is 0 Å². The van der Waals surface area contributed by atoms with Gasteiger partial charge in [0.25, 0.3) is 0 Å². The molecule has 3 unspecified atom stereocenters. The minimum atomic E-state index is 0.316. The van der Waals surface area contributed by atoms with Crippen molar-refractivity contribution in [1.82, 2.24) is 14.5 Å². The highest BCUT2D eigenvalue weighted by molar-refractivity contribution is 4.94. The van der Waals surface area contributed by atoms with E-state index in [0.717, 1.165) is 24.7 Å². The normalized spacial score (nSPS) is 29.8. The second-order valence-electron chi connectivity index (χ2n) is 5.52. The van der Waals surface area contributed by atoms with Crippen LogP contribution in [0.2, 0.25) is 0 Å². The summed E-state index contributed by atoms with van der Waals surface area (Å²) >= 11 is 0. The van der Waals surface area contributed by atoms with Gasteiger partial charge in [0, 0.05) is 31.5 Å². The molecule has 1 aliphatic carbocycles. The molecule has 0 amide bonds. The van der Waals surface area contributed by atoms with E-state index < -0.39 is 0 Å². The Kier molecular flexibility index (Phi) is 3.84. The highest BCUT2D eigenvalue weighted by Gasteiger charge is 2.29. The molecule has 1 heterocycles.